The van der Waals surface area contributed by atoms with Crippen molar-refractivity contribution in [2.24, 2.45) is 28.5 Å². The molecule has 0 unspecified atom stereocenters. The Morgan fingerprint density at radius 1 is 0.667 bits per heavy atom. The Kier molecular flexibility index (Phi) is 7.07. The van der Waals surface area contributed by atoms with Crippen LogP contribution in [-0.4, -0.2) is 30.5 Å². The molecule has 3 aromatic rings. The number of nitrogens with zero attached hydrogens (tertiary/aromatic N) is 1. The van der Waals surface area contributed by atoms with Gasteiger partial charge in [-0.1, -0.05) is 0 Å². The summed E-state index contributed by atoms with van der Waals surface area (Å²) in [6.45, 7) is 0. The molecular formula is C29H32N2SSn. The van der Waals surface area contributed by atoms with Gasteiger partial charge in [0.1, 0.15) is 0 Å². The summed E-state index contributed by atoms with van der Waals surface area (Å²) >= 11 is 2.96. The fourth-order valence-corrected chi connectivity index (χ4v) is 14.3. The maximum atomic E-state index is 5.58. The zero-order valence-electron chi connectivity index (χ0n) is 19.1. The molecule has 4 aliphatic carbocycles. The van der Waals surface area contributed by atoms with Gasteiger partial charge in [-0.05, 0) is 61.4 Å². The SMILES string of the molecule is NC([S-])=NC12CC3CC(CC(C3)C1)C2.c1cc[c]([Sn+]([c]2ccccc2)[c]2ccccc2)cc1. The van der Waals surface area contributed by atoms with Crippen molar-refractivity contribution in [3.8, 4) is 0 Å². The Bertz CT molecular complexity index is 935. The molecule has 168 valence electrons. The fourth-order valence-electron chi connectivity index (χ4n) is 6.75. The molecule has 0 atom stereocenters. The van der Waals surface area contributed by atoms with Gasteiger partial charge in [-0.15, -0.1) is 0 Å². The molecule has 2 nitrogen and oxygen atoms in total. The van der Waals surface area contributed by atoms with Crippen LogP contribution in [-0.2, 0) is 12.6 Å². The number of aliphatic imine (C=N–C) groups is 1. The summed E-state index contributed by atoms with van der Waals surface area (Å²) in [5.74, 6) is 2.79. The van der Waals surface area contributed by atoms with E-state index < -0.39 is 19.8 Å². The van der Waals surface area contributed by atoms with Crippen LogP contribution in [0.2, 0.25) is 0 Å². The summed E-state index contributed by atoms with van der Waals surface area (Å²) in [4.78, 5) is 4.58. The zero-order chi connectivity index (χ0) is 22.7. The van der Waals surface area contributed by atoms with E-state index in [0.717, 1.165) is 17.8 Å². The van der Waals surface area contributed by atoms with Crippen LogP contribution >= 0.6 is 0 Å². The summed E-state index contributed by atoms with van der Waals surface area (Å²) in [6.07, 6.45) is 8.13. The first-order valence-electron chi connectivity index (χ1n) is 12.2. The predicted octanol–water partition coefficient (Wildman–Crippen LogP) is 4.02. The summed E-state index contributed by atoms with van der Waals surface area (Å²) in [6, 6.07) is 32.9. The van der Waals surface area contributed by atoms with E-state index in [0.29, 0.717) is 5.17 Å². The minimum atomic E-state index is -1.98. The van der Waals surface area contributed by atoms with Crippen molar-refractivity contribution in [1.29, 1.82) is 0 Å². The summed E-state index contributed by atoms with van der Waals surface area (Å²) in [5.41, 5.74) is 5.76. The predicted molar refractivity (Wildman–Crippen MR) is 144 cm³/mol. The molecule has 0 saturated heterocycles. The van der Waals surface area contributed by atoms with Gasteiger partial charge in [0, 0.05) is 0 Å². The number of hydrogen-bond donors (Lipinski definition) is 1. The molecule has 0 amide bonds. The minimum absolute atomic E-state index is 0.181. The second-order valence-electron chi connectivity index (χ2n) is 10.1. The Balaban J connectivity index is 0.000000144. The van der Waals surface area contributed by atoms with Crippen molar-refractivity contribution in [1.82, 2.24) is 0 Å². The molecule has 0 spiro atoms. The molecule has 4 aliphatic rings. The molecule has 2 N–H and O–H groups in total. The third-order valence-corrected chi connectivity index (χ3v) is 15.4. The van der Waals surface area contributed by atoms with Crippen LogP contribution < -0.4 is 16.5 Å². The number of hydrogen-bond acceptors (Lipinski definition) is 2. The number of benzene rings is 3. The monoisotopic (exact) mass is 560 g/mol. The van der Waals surface area contributed by atoms with Crippen molar-refractivity contribution in [2.75, 3.05) is 0 Å². The summed E-state index contributed by atoms with van der Waals surface area (Å²) in [7, 11) is 0. The van der Waals surface area contributed by atoms with Crippen molar-refractivity contribution >= 4 is 48.3 Å². The molecule has 3 aromatic carbocycles. The van der Waals surface area contributed by atoms with E-state index in [-0.39, 0.29) is 5.54 Å². The van der Waals surface area contributed by atoms with Crippen LogP contribution in [0.15, 0.2) is 96.0 Å². The molecule has 7 rings (SSSR count). The first-order chi connectivity index (χ1) is 16.1. The van der Waals surface area contributed by atoms with Gasteiger partial charge in [0.05, 0.1) is 5.54 Å². The van der Waals surface area contributed by atoms with Gasteiger partial charge in [0.15, 0.2) is 0 Å². The Morgan fingerprint density at radius 2 is 1.00 bits per heavy atom. The number of rotatable bonds is 4. The van der Waals surface area contributed by atoms with Gasteiger partial charge in [0.25, 0.3) is 0 Å². The first-order valence-corrected chi connectivity index (χ1v) is 16.8. The van der Waals surface area contributed by atoms with Crippen LogP contribution in [0.5, 0.6) is 0 Å². The van der Waals surface area contributed by atoms with Crippen LogP contribution in [0.25, 0.3) is 0 Å². The molecule has 33 heavy (non-hydrogen) atoms. The van der Waals surface area contributed by atoms with E-state index in [1.807, 2.05) is 0 Å². The second kappa shape index (κ2) is 10.2. The quantitative estimate of drug-likeness (QED) is 0.227. The van der Waals surface area contributed by atoms with Gasteiger partial charge in [0.2, 0.25) is 0 Å². The molecule has 0 radical (unpaired) electrons. The Hall–Kier alpha value is -1.85. The topological polar surface area (TPSA) is 38.4 Å². The van der Waals surface area contributed by atoms with Crippen LogP contribution in [0, 0.1) is 17.8 Å². The van der Waals surface area contributed by atoms with Gasteiger partial charge >= 0.3 is 121 Å². The molecule has 4 fully saturated rings. The van der Waals surface area contributed by atoms with Crippen molar-refractivity contribution < 1.29 is 0 Å². The Morgan fingerprint density at radius 3 is 1.30 bits per heavy atom. The molecule has 0 heterocycles. The van der Waals surface area contributed by atoms with E-state index in [4.69, 9.17) is 18.4 Å². The molecule has 0 aliphatic heterocycles. The van der Waals surface area contributed by atoms with Gasteiger partial charge < -0.3 is 18.4 Å². The average Bonchev–Trinajstić information content (AvgIpc) is 2.80. The van der Waals surface area contributed by atoms with E-state index in [2.05, 4.69) is 96.0 Å². The van der Waals surface area contributed by atoms with Crippen molar-refractivity contribution in [3.63, 3.8) is 0 Å². The van der Waals surface area contributed by atoms with E-state index in [1.165, 1.54) is 49.3 Å². The molecule has 4 bridgehead atoms. The molecule has 4 heteroatoms. The molecule has 4 saturated carbocycles. The standard InChI is InChI=1S/C11H18N2S.3C6H5.Sn/c12-10(14)13-11-4-7-1-8(5-11)3-9(2-7)6-11;3*1-2-4-6-5-3-1;/h7-9H,1-6H2,(H3,12,13,14);3*1-5H;/q;;;;+1/p-1. The van der Waals surface area contributed by atoms with Gasteiger partial charge in [-0.2, -0.15) is 0 Å². The normalized spacial score (nSPS) is 27.5. The summed E-state index contributed by atoms with van der Waals surface area (Å²) < 4.78 is 4.59. The fraction of sp³-hybridized carbons (Fsp3) is 0.345. The Labute approximate surface area is 210 Å². The van der Waals surface area contributed by atoms with Gasteiger partial charge in [-0.3, -0.25) is 4.99 Å². The molecule has 0 aromatic heterocycles. The second-order valence-corrected chi connectivity index (χ2v) is 17.6. The van der Waals surface area contributed by atoms with Crippen molar-refractivity contribution in [3.05, 3.63) is 91.0 Å². The maximum absolute atomic E-state index is 5.58. The number of amidine groups is 1. The first kappa shape index (κ1) is 22.9. The van der Waals surface area contributed by atoms with Gasteiger partial charge in [-0.25, -0.2) is 0 Å². The van der Waals surface area contributed by atoms with Crippen molar-refractivity contribution in [2.45, 2.75) is 44.1 Å². The summed E-state index contributed by atoms with van der Waals surface area (Å²) in [5, 5.41) is 0.381. The van der Waals surface area contributed by atoms with E-state index in [9.17, 15) is 0 Å². The number of nitrogens with two attached hydrogens (primary N) is 1. The van der Waals surface area contributed by atoms with E-state index in [1.54, 1.807) is 0 Å². The zero-order valence-corrected chi connectivity index (χ0v) is 22.7. The van der Waals surface area contributed by atoms with E-state index >= 15 is 0 Å². The van der Waals surface area contributed by atoms with Crippen LogP contribution in [0.3, 0.4) is 0 Å². The average molecular weight is 559 g/mol. The molecular weight excluding hydrogens is 527 g/mol. The third kappa shape index (κ3) is 5.46. The van der Waals surface area contributed by atoms with Crippen LogP contribution in [0.4, 0.5) is 0 Å². The third-order valence-electron chi connectivity index (χ3n) is 7.54. The van der Waals surface area contributed by atoms with Crippen LogP contribution in [0.1, 0.15) is 38.5 Å².